The van der Waals surface area contributed by atoms with Crippen molar-refractivity contribution in [1.29, 1.82) is 0 Å². The smallest absolute Gasteiger partial charge is 0.120 e. The zero-order valence-corrected chi connectivity index (χ0v) is 8.34. The second-order valence-corrected chi connectivity index (χ2v) is 3.28. The van der Waals surface area contributed by atoms with Crippen molar-refractivity contribution >= 4 is 5.84 Å². The van der Waals surface area contributed by atoms with Gasteiger partial charge in [-0.25, -0.2) is 0 Å². The third-order valence-electron chi connectivity index (χ3n) is 1.26. The highest BCUT2D eigenvalue weighted by atomic mass is 16.5. The van der Waals surface area contributed by atoms with Crippen molar-refractivity contribution in [3.8, 4) is 0 Å². The molecule has 0 unspecified atom stereocenters. The fourth-order valence-electron chi connectivity index (χ4n) is 0.667. The van der Waals surface area contributed by atoms with E-state index in [1.54, 1.807) is 0 Å². The van der Waals surface area contributed by atoms with Crippen LogP contribution in [0.15, 0.2) is 4.99 Å². The average Bonchev–Trinajstić information content (AvgIpc) is 2.01. The fraction of sp³-hybridized carbons (Fsp3) is 0.889. The van der Waals surface area contributed by atoms with E-state index >= 15 is 0 Å². The lowest BCUT2D eigenvalue weighted by Crippen LogP contribution is -2.20. The first kappa shape index (κ1) is 11.4. The molecule has 0 aromatic heterocycles. The van der Waals surface area contributed by atoms with Gasteiger partial charge in [0.05, 0.1) is 0 Å². The molecule has 72 valence electrons. The molecule has 0 aliphatic heterocycles. The van der Waals surface area contributed by atoms with Crippen molar-refractivity contribution < 1.29 is 4.74 Å². The van der Waals surface area contributed by atoms with Gasteiger partial charge < -0.3 is 10.5 Å². The Kier molecular flexibility index (Phi) is 6.76. The van der Waals surface area contributed by atoms with Crippen LogP contribution in [0.3, 0.4) is 0 Å². The van der Waals surface area contributed by atoms with Gasteiger partial charge in [-0.05, 0) is 12.3 Å². The monoisotopic (exact) mass is 172 g/mol. The number of aliphatic imine (C=N–C) groups is 1. The van der Waals surface area contributed by atoms with Gasteiger partial charge in [-0.3, -0.25) is 4.99 Å². The first-order valence-electron chi connectivity index (χ1n) is 4.53. The molecule has 3 heteroatoms. The Labute approximate surface area is 75.0 Å². The lowest BCUT2D eigenvalue weighted by atomic mass is 10.2. The Morgan fingerprint density at radius 2 is 2.17 bits per heavy atom. The number of hydrogen-bond donors (Lipinski definition) is 1. The highest BCUT2D eigenvalue weighted by molar-refractivity contribution is 5.81. The van der Waals surface area contributed by atoms with E-state index < -0.39 is 0 Å². The summed E-state index contributed by atoms with van der Waals surface area (Å²) in [6, 6.07) is 0. The van der Waals surface area contributed by atoms with Gasteiger partial charge in [-0.1, -0.05) is 20.8 Å². The molecular weight excluding hydrogens is 152 g/mol. The van der Waals surface area contributed by atoms with Gasteiger partial charge in [0.15, 0.2) is 0 Å². The predicted molar refractivity (Wildman–Crippen MR) is 52.4 cm³/mol. The largest absolute Gasteiger partial charge is 0.386 e. The van der Waals surface area contributed by atoms with Crippen molar-refractivity contribution in [3.63, 3.8) is 0 Å². The van der Waals surface area contributed by atoms with Gasteiger partial charge in [0.25, 0.3) is 0 Å². The number of nitrogens with zero attached hydrogens (tertiary/aromatic N) is 1. The van der Waals surface area contributed by atoms with Crippen LogP contribution in [0.2, 0.25) is 0 Å². The molecule has 0 atom stereocenters. The summed E-state index contributed by atoms with van der Waals surface area (Å²) in [5.41, 5.74) is 5.59. The van der Waals surface area contributed by atoms with Crippen molar-refractivity contribution in [3.05, 3.63) is 0 Å². The second kappa shape index (κ2) is 7.10. The molecule has 0 bridgehead atoms. The van der Waals surface area contributed by atoms with Gasteiger partial charge >= 0.3 is 0 Å². The summed E-state index contributed by atoms with van der Waals surface area (Å²) in [6.07, 6.45) is 1.03. The third kappa shape index (κ3) is 7.54. The standard InChI is InChI=1S/C9H20N2O/c1-4-5-12-7-9(10)11-6-8(2)3/h8H,4-7H2,1-3H3,(H2,10,11). The Morgan fingerprint density at radius 1 is 1.50 bits per heavy atom. The van der Waals surface area contributed by atoms with Gasteiger partial charge in [0, 0.05) is 13.2 Å². The molecule has 0 aromatic carbocycles. The van der Waals surface area contributed by atoms with Crippen LogP contribution in [0.25, 0.3) is 0 Å². The SMILES string of the molecule is CCCOCC(N)=NCC(C)C. The Morgan fingerprint density at radius 3 is 2.67 bits per heavy atom. The highest BCUT2D eigenvalue weighted by Gasteiger charge is 1.94. The molecule has 0 aliphatic carbocycles. The minimum absolute atomic E-state index is 0.473. The summed E-state index contributed by atoms with van der Waals surface area (Å²) in [7, 11) is 0. The molecule has 12 heavy (non-hydrogen) atoms. The molecule has 0 rings (SSSR count). The van der Waals surface area contributed by atoms with Crippen LogP contribution in [0.5, 0.6) is 0 Å². The molecule has 0 aromatic rings. The zero-order chi connectivity index (χ0) is 9.40. The van der Waals surface area contributed by atoms with E-state index in [-0.39, 0.29) is 0 Å². The minimum atomic E-state index is 0.473. The van der Waals surface area contributed by atoms with E-state index in [1.807, 2.05) is 0 Å². The summed E-state index contributed by atoms with van der Waals surface area (Å²) in [4.78, 5) is 4.16. The molecule has 0 aliphatic rings. The molecule has 0 heterocycles. The van der Waals surface area contributed by atoms with Crippen LogP contribution in [0, 0.1) is 5.92 Å². The van der Waals surface area contributed by atoms with Crippen molar-refractivity contribution in [2.75, 3.05) is 19.8 Å². The maximum absolute atomic E-state index is 5.59. The molecule has 0 amide bonds. The minimum Gasteiger partial charge on any atom is -0.386 e. The average molecular weight is 172 g/mol. The Bertz CT molecular complexity index is 132. The van der Waals surface area contributed by atoms with Crippen molar-refractivity contribution in [2.45, 2.75) is 27.2 Å². The summed E-state index contributed by atoms with van der Waals surface area (Å²) in [5.74, 6) is 1.17. The topological polar surface area (TPSA) is 47.6 Å². The molecule has 0 fully saturated rings. The summed E-state index contributed by atoms with van der Waals surface area (Å²) >= 11 is 0. The Balaban J connectivity index is 3.42. The number of amidine groups is 1. The number of ether oxygens (including phenoxy) is 1. The predicted octanol–water partition coefficient (Wildman–Crippen LogP) is 1.43. The summed E-state index contributed by atoms with van der Waals surface area (Å²) in [6.45, 7) is 8.33. The van der Waals surface area contributed by atoms with Crippen LogP contribution in [-0.2, 0) is 4.74 Å². The van der Waals surface area contributed by atoms with Crippen LogP contribution < -0.4 is 5.73 Å². The summed E-state index contributed by atoms with van der Waals surface area (Å²) < 4.78 is 5.22. The maximum atomic E-state index is 5.59. The molecular formula is C9H20N2O. The van der Waals surface area contributed by atoms with E-state index in [2.05, 4.69) is 25.8 Å². The van der Waals surface area contributed by atoms with Gasteiger partial charge in [-0.15, -0.1) is 0 Å². The van der Waals surface area contributed by atoms with E-state index in [0.717, 1.165) is 19.6 Å². The fourth-order valence-corrected chi connectivity index (χ4v) is 0.667. The quantitative estimate of drug-likeness (QED) is 0.374. The normalized spacial score (nSPS) is 12.5. The Hall–Kier alpha value is -0.570. The van der Waals surface area contributed by atoms with E-state index in [1.165, 1.54) is 0 Å². The van der Waals surface area contributed by atoms with Crippen molar-refractivity contribution in [1.82, 2.24) is 0 Å². The number of rotatable bonds is 6. The van der Waals surface area contributed by atoms with E-state index in [0.29, 0.717) is 18.4 Å². The molecule has 0 saturated carbocycles. The molecule has 0 radical (unpaired) electrons. The van der Waals surface area contributed by atoms with Crippen molar-refractivity contribution in [2.24, 2.45) is 16.6 Å². The number of hydrogen-bond acceptors (Lipinski definition) is 2. The first-order chi connectivity index (χ1) is 5.66. The van der Waals surface area contributed by atoms with Crippen LogP contribution in [0.1, 0.15) is 27.2 Å². The summed E-state index contributed by atoms with van der Waals surface area (Å²) in [5, 5.41) is 0. The maximum Gasteiger partial charge on any atom is 0.120 e. The molecule has 0 saturated heterocycles. The highest BCUT2D eigenvalue weighted by Crippen LogP contribution is 1.91. The van der Waals surface area contributed by atoms with Crippen LogP contribution in [-0.4, -0.2) is 25.6 Å². The van der Waals surface area contributed by atoms with E-state index in [9.17, 15) is 0 Å². The van der Waals surface area contributed by atoms with Gasteiger partial charge in [0.2, 0.25) is 0 Å². The van der Waals surface area contributed by atoms with Gasteiger partial charge in [-0.2, -0.15) is 0 Å². The molecule has 0 spiro atoms. The van der Waals surface area contributed by atoms with Crippen LogP contribution >= 0.6 is 0 Å². The second-order valence-electron chi connectivity index (χ2n) is 3.28. The van der Waals surface area contributed by atoms with Crippen LogP contribution in [0.4, 0.5) is 0 Å². The molecule has 3 nitrogen and oxygen atoms in total. The lowest BCUT2D eigenvalue weighted by molar-refractivity contribution is 0.171. The van der Waals surface area contributed by atoms with Gasteiger partial charge in [0.1, 0.15) is 12.4 Å². The van der Waals surface area contributed by atoms with E-state index in [4.69, 9.17) is 10.5 Å². The lowest BCUT2D eigenvalue weighted by Gasteiger charge is -2.03. The molecule has 2 N–H and O–H groups in total. The number of nitrogens with two attached hydrogens (primary N) is 1. The first-order valence-corrected chi connectivity index (χ1v) is 4.53. The third-order valence-corrected chi connectivity index (χ3v) is 1.26. The zero-order valence-electron chi connectivity index (χ0n) is 8.34.